The number of hydrogen-bond donors (Lipinski definition) is 0. The summed E-state index contributed by atoms with van der Waals surface area (Å²) in [5.74, 6) is 0. The lowest BCUT2D eigenvalue weighted by molar-refractivity contribution is 1.18. The fourth-order valence-corrected chi connectivity index (χ4v) is 8.76. The molecule has 0 unspecified atom stereocenters. The predicted molar refractivity (Wildman–Crippen MR) is 237 cm³/mol. The summed E-state index contributed by atoms with van der Waals surface area (Å²) in [7, 11) is 0. The van der Waals surface area contributed by atoms with Gasteiger partial charge in [0.2, 0.25) is 0 Å². The van der Waals surface area contributed by atoms with Crippen molar-refractivity contribution in [3.63, 3.8) is 0 Å². The Kier molecular flexibility index (Phi) is 7.53. The number of aromatic nitrogens is 2. The molecule has 2 heteroatoms. The standard InChI is InChI=1S/C54H36N2/c1-4-16-37(17-5-1)39-29-32-52-48(34-39)49-35-40(38-18-6-2-7-19-38)30-33-53(49)56(52)51-27-15-12-24-45(51)44-23-11-10-22-43(44)41-28-31-47-46-25-13-14-26-50(46)55(54(47)36-41)42-20-8-3-9-21-42/h1-36H. The third-order valence-corrected chi connectivity index (χ3v) is 11.3. The van der Waals surface area contributed by atoms with Gasteiger partial charge in [0, 0.05) is 32.8 Å². The highest BCUT2D eigenvalue weighted by Gasteiger charge is 2.20. The van der Waals surface area contributed by atoms with Crippen LogP contribution in [-0.2, 0) is 0 Å². The lowest BCUT2D eigenvalue weighted by Crippen LogP contribution is -1.98. The van der Waals surface area contributed by atoms with Crippen molar-refractivity contribution in [3.8, 4) is 55.9 Å². The van der Waals surface area contributed by atoms with Crippen LogP contribution in [0, 0.1) is 0 Å². The molecular weight excluding hydrogens is 677 g/mol. The molecule has 11 aromatic rings. The average molecular weight is 713 g/mol. The van der Waals surface area contributed by atoms with Gasteiger partial charge in [-0.05, 0) is 93.5 Å². The molecule has 0 N–H and O–H groups in total. The van der Waals surface area contributed by atoms with Crippen LogP contribution in [0.4, 0.5) is 0 Å². The van der Waals surface area contributed by atoms with Gasteiger partial charge in [0.05, 0.1) is 27.8 Å². The van der Waals surface area contributed by atoms with Crippen LogP contribution in [0.15, 0.2) is 218 Å². The Labute approximate surface area is 325 Å². The highest BCUT2D eigenvalue weighted by Crippen LogP contribution is 2.43. The molecule has 0 aliphatic carbocycles. The maximum absolute atomic E-state index is 2.47. The molecule has 0 bridgehead atoms. The number of rotatable bonds is 6. The van der Waals surface area contributed by atoms with E-state index in [-0.39, 0.29) is 0 Å². The molecule has 262 valence electrons. The van der Waals surface area contributed by atoms with Gasteiger partial charge in [-0.15, -0.1) is 0 Å². The topological polar surface area (TPSA) is 9.86 Å². The molecule has 2 nitrogen and oxygen atoms in total. The van der Waals surface area contributed by atoms with Crippen molar-refractivity contribution in [1.29, 1.82) is 0 Å². The normalized spacial score (nSPS) is 11.6. The van der Waals surface area contributed by atoms with Gasteiger partial charge in [-0.1, -0.05) is 164 Å². The monoisotopic (exact) mass is 712 g/mol. The third-order valence-electron chi connectivity index (χ3n) is 11.3. The summed E-state index contributed by atoms with van der Waals surface area (Å²) in [4.78, 5) is 0. The van der Waals surface area contributed by atoms with E-state index in [1.165, 1.54) is 88.1 Å². The van der Waals surface area contributed by atoms with Crippen molar-refractivity contribution in [2.75, 3.05) is 0 Å². The summed E-state index contributed by atoms with van der Waals surface area (Å²) in [6.07, 6.45) is 0. The molecule has 0 radical (unpaired) electrons. The first kappa shape index (κ1) is 32.0. The summed E-state index contributed by atoms with van der Waals surface area (Å²) in [5, 5.41) is 4.98. The maximum atomic E-state index is 2.47. The Hall–Kier alpha value is -7.42. The second-order valence-electron chi connectivity index (χ2n) is 14.5. The molecule has 2 heterocycles. The molecule has 9 aromatic carbocycles. The number of fused-ring (bicyclic) bond motifs is 6. The molecule has 0 amide bonds. The maximum Gasteiger partial charge on any atom is 0.0547 e. The van der Waals surface area contributed by atoms with Crippen molar-refractivity contribution >= 4 is 43.6 Å². The number of para-hydroxylation sites is 3. The fourth-order valence-electron chi connectivity index (χ4n) is 8.76. The Morgan fingerprint density at radius 3 is 1.38 bits per heavy atom. The van der Waals surface area contributed by atoms with Gasteiger partial charge in [-0.2, -0.15) is 0 Å². The van der Waals surface area contributed by atoms with Gasteiger partial charge in [0.1, 0.15) is 0 Å². The van der Waals surface area contributed by atoms with Crippen LogP contribution in [0.25, 0.3) is 99.5 Å². The Morgan fingerprint density at radius 1 is 0.232 bits per heavy atom. The van der Waals surface area contributed by atoms with Crippen molar-refractivity contribution in [2.45, 2.75) is 0 Å². The predicted octanol–water partition coefficient (Wildman–Crippen LogP) is 14.5. The highest BCUT2D eigenvalue weighted by molar-refractivity contribution is 6.13. The van der Waals surface area contributed by atoms with Gasteiger partial charge in [-0.25, -0.2) is 0 Å². The first-order valence-electron chi connectivity index (χ1n) is 19.3. The fraction of sp³-hybridized carbons (Fsp3) is 0. The summed E-state index contributed by atoms with van der Waals surface area (Å²) in [6.45, 7) is 0. The van der Waals surface area contributed by atoms with E-state index < -0.39 is 0 Å². The molecule has 0 aliphatic rings. The summed E-state index contributed by atoms with van der Waals surface area (Å²) < 4.78 is 4.87. The quantitative estimate of drug-likeness (QED) is 0.162. The zero-order valence-corrected chi connectivity index (χ0v) is 30.7. The molecule has 0 saturated carbocycles. The van der Waals surface area contributed by atoms with Crippen LogP contribution in [0.2, 0.25) is 0 Å². The van der Waals surface area contributed by atoms with E-state index in [0.717, 1.165) is 11.4 Å². The van der Waals surface area contributed by atoms with E-state index >= 15 is 0 Å². The molecule has 0 saturated heterocycles. The van der Waals surface area contributed by atoms with Crippen molar-refractivity contribution in [2.24, 2.45) is 0 Å². The van der Waals surface area contributed by atoms with Crippen LogP contribution in [0.3, 0.4) is 0 Å². The molecule has 0 spiro atoms. The number of benzene rings is 9. The van der Waals surface area contributed by atoms with Crippen LogP contribution in [0.1, 0.15) is 0 Å². The van der Waals surface area contributed by atoms with Crippen LogP contribution < -0.4 is 0 Å². The zero-order valence-electron chi connectivity index (χ0n) is 30.7. The van der Waals surface area contributed by atoms with E-state index in [1.54, 1.807) is 0 Å². The third kappa shape index (κ3) is 5.19. The molecule has 0 atom stereocenters. The van der Waals surface area contributed by atoms with E-state index in [4.69, 9.17) is 0 Å². The van der Waals surface area contributed by atoms with Gasteiger partial charge < -0.3 is 9.13 Å². The van der Waals surface area contributed by atoms with Crippen molar-refractivity contribution in [3.05, 3.63) is 218 Å². The molecular formula is C54H36N2. The average Bonchev–Trinajstić information content (AvgIpc) is 3.79. The van der Waals surface area contributed by atoms with Gasteiger partial charge in [0.25, 0.3) is 0 Å². The molecule has 0 fully saturated rings. The first-order valence-corrected chi connectivity index (χ1v) is 19.3. The first-order chi connectivity index (χ1) is 27.8. The minimum absolute atomic E-state index is 1.15. The summed E-state index contributed by atoms with van der Waals surface area (Å²) >= 11 is 0. The Balaban J connectivity index is 1.13. The number of nitrogens with zero attached hydrogens (tertiary/aromatic N) is 2. The van der Waals surface area contributed by atoms with E-state index in [0.29, 0.717) is 0 Å². The Morgan fingerprint density at radius 2 is 0.714 bits per heavy atom. The van der Waals surface area contributed by atoms with Crippen molar-refractivity contribution < 1.29 is 0 Å². The minimum Gasteiger partial charge on any atom is -0.309 e. The van der Waals surface area contributed by atoms with Crippen LogP contribution in [-0.4, -0.2) is 9.13 Å². The SMILES string of the molecule is c1ccc(-c2ccc3c(c2)c2cc(-c4ccccc4)ccc2n3-c2ccccc2-c2ccccc2-c2ccc3c4ccccc4n(-c4ccccc4)c3c2)cc1. The Bertz CT molecular complexity index is 3130. The summed E-state index contributed by atoms with van der Waals surface area (Å²) in [5.41, 5.74) is 16.7. The highest BCUT2D eigenvalue weighted by atomic mass is 15.0. The second kappa shape index (κ2) is 13.2. The second-order valence-corrected chi connectivity index (χ2v) is 14.5. The van der Waals surface area contributed by atoms with Gasteiger partial charge in [0.15, 0.2) is 0 Å². The van der Waals surface area contributed by atoms with E-state index in [9.17, 15) is 0 Å². The lowest BCUT2D eigenvalue weighted by Gasteiger charge is -2.17. The number of hydrogen-bond acceptors (Lipinski definition) is 0. The molecule has 0 aliphatic heterocycles. The van der Waals surface area contributed by atoms with E-state index in [2.05, 4.69) is 228 Å². The van der Waals surface area contributed by atoms with Gasteiger partial charge >= 0.3 is 0 Å². The molecule has 11 rings (SSSR count). The summed E-state index contributed by atoms with van der Waals surface area (Å²) in [6, 6.07) is 79.4. The smallest absolute Gasteiger partial charge is 0.0547 e. The van der Waals surface area contributed by atoms with Gasteiger partial charge in [-0.3, -0.25) is 0 Å². The molecule has 56 heavy (non-hydrogen) atoms. The zero-order chi connectivity index (χ0) is 37.0. The van der Waals surface area contributed by atoms with Crippen molar-refractivity contribution in [1.82, 2.24) is 9.13 Å². The largest absolute Gasteiger partial charge is 0.309 e. The van der Waals surface area contributed by atoms with E-state index in [1.807, 2.05) is 0 Å². The minimum atomic E-state index is 1.15. The molecule has 2 aromatic heterocycles. The van der Waals surface area contributed by atoms with Crippen LogP contribution >= 0.6 is 0 Å². The lowest BCUT2D eigenvalue weighted by atomic mass is 9.93. The van der Waals surface area contributed by atoms with Crippen LogP contribution in [0.5, 0.6) is 0 Å².